The van der Waals surface area contributed by atoms with Crippen LogP contribution in [0.25, 0.3) is 11.3 Å². The third-order valence-electron chi connectivity index (χ3n) is 6.72. The monoisotopic (exact) mass is 497 g/mol. The van der Waals surface area contributed by atoms with Crippen LogP contribution in [0.2, 0.25) is 0 Å². The minimum Gasteiger partial charge on any atom is -0.497 e. The number of rotatable bonds is 10. The molecular weight excluding hydrogens is 466 g/mol. The number of aromatic nitrogens is 2. The number of hydrogen-bond donors (Lipinski definition) is 1. The fourth-order valence-electron chi connectivity index (χ4n) is 4.78. The highest BCUT2D eigenvalue weighted by molar-refractivity contribution is 6.00. The summed E-state index contributed by atoms with van der Waals surface area (Å²) in [5.41, 5.74) is 5.12. The number of carbonyl (C=O) groups excluding carboxylic acids is 1. The van der Waals surface area contributed by atoms with Gasteiger partial charge in [0.2, 0.25) is 0 Å². The first-order chi connectivity index (χ1) is 18.1. The Kier molecular flexibility index (Phi) is 7.12. The predicted octanol–water partition coefficient (Wildman–Crippen LogP) is 6.02. The molecule has 0 fully saturated rings. The van der Waals surface area contributed by atoms with E-state index in [9.17, 15) is 4.79 Å². The third kappa shape index (κ3) is 4.77. The van der Waals surface area contributed by atoms with Gasteiger partial charge in [-0.1, -0.05) is 49.7 Å². The SMILES string of the molecule is CCCCN1C(=O)c2[nH]nc(-c3ccc(OC)cc3)c2C1c1ccc(OCc2ccccc2)c(OC)c1. The average molecular weight is 498 g/mol. The lowest BCUT2D eigenvalue weighted by Crippen LogP contribution is -2.30. The number of H-pyrrole nitrogens is 1. The third-order valence-corrected chi connectivity index (χ3v) is 6.72. The van der Waals surface area contributed by atoms with Crippen LogP contribution >= 0.6 is 0 Å². The van der Waals surface area contributed by atoms with Crippen molar-refractivity contribution in [2.75, 3.05) is 20.8 Å². The zero-order chi connectivity index (χ0) is 25.8. The Morgan fingerprint density at radius 3 is 2.43 bits per heavy atom. The summed E-state index contributed by atoms with van der Waals surface area (Å²) in [5.74, 6) is 2.01. The first-order valence-corrected chi connectivity index (χ1v) is 12.5. The lowest BCUT2D eigenvalue weighted by molar-refractivity contribution is 0.0741. The maximum Gasteiger partial charge on any atom is 0.273 e. The van der Waals surface area contributed by atoms with E-state index >= 15 is 0 Å². The molecule has 0 bridgehead atoms. The highest BCUT2D eigenvalue weighted by atomic mass is 16.5. The van der Waals surface area contributed by atoms with E-state index in [0.717, 1.165) is 46.5 Å². The minimum atomic E-state index is -0.290. The summed E-state index contributed by atoms with van der Waals surface area (Å²) in [5, 5.41) is 7.58. The Morgan fingerprint density at radius 2 is 1.73 bits per heavy atom. The van der Waals surface area contributed by atoms with Gasteiger partial charge in [-0.25, -0.2) is 0 Å². The minimum absolute atomic E-state index is 0.0379. The van der Waals surface area contributed by atoms with Crippen LogP contribution in [-0.4, -0.2) is 41.8 Å². The molecule has 0 saturated carbocycles. The molecule has 190 valence electrons. The summed E-state index contributed by atoms with van der Waals surface area (Å²) >= 11 is 0. The van der Waals surface area contributed by atoms with Crippen LogP contribution in [0.15, 0.2) is 72.8 Å². The second kappa shape index (κ2) is 10.8. The molecule has 1 aromatic heterocycles. The lowest BCUT2D eigenvalue weighted by atomic mass is 9.95. The Balaban J connectivity index is 1.52. The average Bonchev–Trinajstić information content (AvgIpc) is 3.49. The number of fused-ring (bicyclic) bond motifs is 1. The summed E-state index contributed by atoms with van der Waals surface area (Å²) in [4.78, 5) is 15.4. The molecule has 3 aromatic carbocycles. The van der Waals surface area contributed by atoms with Crippen molar-refractivity contribution in [3.05, 3.63) is 95.2 Å². The van der Waals surface area contributed by atoms with Gasteiger partial charge in [0.25, 0.3) is 5.91 Å². The first kappa shape index (κ1) is 24.4. The number of carbonyl (C=O) groups is 1. The second-order valence-electron chi connectivity index (χ2n) is 9.03. The van der Waals surface area contributed by atoms with Gasteiger partial charge in [-0.15, -0.1) is 0 Å². The zero-order valence-corrected chi connectivity index (χ0v) is 21.4. The number of benzene rings is 3. The lowest BCUT2D eigenvalue weighted by Gasteiger charge is -2.27. The molecule has 4 aromatic rings. The summed E-state index contributed by atoms with van der Waals surface area (Å²) in [7, 11) is 3.28. The van der Waals surface area contributed by atoms with E-state index in [1.165, 1.54) is 0 Å². The number of methoxy groups -OCH3 is 2. The Labute approximate surface area is 217 Å². The maximum absolute atomic E-state index is 13.5. The second-order valence-corrected chi connectivity index (χ2v) is 9.03. The van der Waals surface area contributed by atoms with Crippen molar-refractivity contribution >= 4 is 5.91 Å². The van der Waals surface area contributed by atoms with E-state index in [0.29, 0.717) is 30.3 Å². The first-order valence-electron chi connectivity index (χ1n) is 12.5. The molecule has 1 amide bonds. The molecule has 0 aliphatic carbocycles. The van der Waals surface area contributed by atoms with Crippen molar-refractivity contribution in [3.63, 3.8) is 0 Å². The van der Waals surface area contributed by atoms with Crippen LogP contribution in [0.5, 0.6) is 17.2 Å². The molecular formula is C30H31N3O4. The van der Waals surface area contributed by atoms with Crippen molar-refractivity contribution in [1.82, 2.24) is 15.1 Å². The molecule has 1 N–H and O–H groups in total. The van der Waals surface area contributed by atoms with E-state index in [1.807, 2.05) is 77.7 Å². The Bertz CT molecular complexity index is 1370. The fourth-order valence-corrected chi connectivity index (χ4v) is 4.78. The largest absolute Gasteiger partial charge is 0.497 e. The van der Waals surface area contributed by atoms with Crippen LogP contribution in [0.3, 0.4) is 0 Å². The summed E-state index contributed by atoms with van der Waals surface area (Å²) in [6.45, 7) is 3.22. The van der Waals surface area contributed by atoms with Gasteiger partial charge in [-0.3, -0.25) is 9.89 Å². The molecule has 1 aliphatic rings. The number of nitrogens with zero attached hydrogens (tertiary/aromatic N) is 2. The number of amides is 1. The van der Waals surface area contributed by atoms with Crippen LogP contribution in [0.1, 0.15) is 53.0 Å². The standard InChI is InChI=1S/C30H31N3O4/c1-4-5-17-33-29(22-13-16-24(25(18-22)36-3)37-19-20-9-7-6-8-10-20)26-27(31-32-28(26)30(33)34)21-11-14-23(35-2)15-12-21/h6-16,18,29H,4-5,17,19H2,1-3H3,(H,31,32). The molecule has 0 radical (unpaired) electrons. The van der Waals surface area contributed by atoms with Crippen LogP contribution in [0.4, 0.5) is 0 Å². The smallest absolute Gasteiger partial charge is 0.273 e. The van der Waals surface area contributed by atoms with Crippen LogP contribution in [-0.2, 0) is 6.61 Å². The van der Waals surface area contributed by atoms with Gasteiger partial charge in [0, 0.05) is 17.7 Å². The molecule has 1 atom stereocenters. The van der Waals surface area contributed by atoms with Crippen molar-refractivity contribution in [2.24, 2.45) is 0 Å². The van der Waals surface area contributed by atoms with Gasteiger partial charge >= 0.3 is 0 Å². The number of ether oxygens (including phenoxy) is 3. The number of unbranched alkanes of at least 4 members (excludes halogenated alkanes) is 1. The highest BCUT2D eigenvalue weighted by Gasteiger charge is 2.42. The normalized spacial score (nSPS) is 14.5. The Morgan fingerprint density at radius 1 is 0.946 bits per heavy atom. The van der Waals surface area contributed by atoms with Crippen LogP contribution in [0, 0.1) is 0 Å². The van der Waals surface area contributed by atoms with E-state index in [4.69, 9.17) is 14.2 Å². The van der Waals surface area contributed by atoms with Gasteiger partial charge in [-0.05, 0) is 53.9 Å². The molecule has 1 aliphatic heterocycles. The number of hydrogen-bond acceptors (Lipinski definition) is 5. The van der Waals surface area contributed by atoms with E-state index in [1.54, 1.807) is 14.2 Å². The topological polar surface area (TPSA) is 76.7 Å². The van der Waals surface area contributed by atoms with E-state index < -0.39 is 0 Å². The highest BCUT2D eigenvalue weighted by Crippen LogP contribution is 2.44. The maximum atomic E-state index is 13.5. The van der Waals surface area contributed by atoms with Crippen molar-refractivity contribution < 1.29 is 19.0 Å². The summed E-state index contributed by atoms with van der Waals surface area (Å²) < 4.78 is 17.1. The molecule has 5 rings (SSSR count). The van der Waals surface area contributed by atoms with E-state index in [2.05, 4.69) is 17.1 Å². The Hall–Kier alpha value is -4.26. The molecule has 0 spiro atoms. The van der Waals surface area contributed by atoms with Crippen molar-refractivity contribution in [1.29, 1.82) is 0 Å². The molecule has 0 saturated heterocycles. The van der Waals surface area contributed by atoms with Gasteiger partial charge in [0.15, 0.2) is 11.5 Å². The summed E-state index contributed by atoms with van der Waals surface area (Å²) in [6, 6.07) is 23.4. The zero-order valence-electron chi connectivity index (χ0n) is 21.4. The van der Waals surface area contributed by atoms with Gasteiger partial charge < -0.3 is 19.1 Å². The molecule has 37 heavy (non-hydrogen) atoms. The number of nitrogens with one attached hydrogen (secondary N) is 1. The molecule has 1 unspecified atom stereocenters. The fraction of sp³-hybridized carbons (Fsp3) is 0.267. The van der Waals surface area contributed by atoms with Gasteiger partial charge in [0.1, 0.15) is 18.1 Å². The number of aromatic amines is 1. The molecule has 2 heterocycles. The van der Waals surface area contributed by atoms with Gasteiger partial charge in [0.05, 0.1) is 26.0 Å². The summed E-state index contributed by atoms with van der Waals surface area (Å²) in [6.07, 6.45) is 1.90. The van der Waals surface area contributed by atoms with Crippen molar-refractivity contribution in [3.8, 4) is 28.5 Å². The van der Waals surface area contributed by atoms with Gasteiger partial charge in [-0.2, -0.15) is 5.10 Å². The molecule has 7 heteroatoms. The van der Waals surface area contributed by atoms with Crippen molar-refractivity contribution in [2.45, 2.75) is 32.4 Å². The molecule has 7 nitrogen and oxygen atoms in total. The van der Waals surface area contributed by atoms with Crippen LogP contribution < -0.4 is 14.2 Å². The quantitative estimate of drug-likeness (QED) is 0.290. The van der Waals surface area contributed by atoms with E-state index in [-0.39, 0.29) is 11.9 Å². The predicted molar refractivity (Wildman–Crippen MR) is 142 cm³/mol.